The normalized spacial score (nSPS) is 9.30. The van der Waals surface area contributed by atoms with Crippen molar-refractivity contribution in [1.82, 2.24) is 4.98 Å². The van der Waals surface area contributed by atoms with Gasteiger partial charge in [-0.05, 0) is 18.9 Å². The maximum Gasteiger partial charge on any atom is 0.0850 e. The Kier molecular flexibility index (Phi) is 2.12. The molecule has 1 rings (SSSR count). The number of nitrogens with two attached hydrogens (primary N) is 1. The summed E-state index contributed by atoms with van der Waals surface area (Å²) in [5.74, 6) is 0. The molecule has 0 spiro atoms. The molecule has 0 aliphatic heterocycles. The molecule has 0 amide bonds. The summed E-state index contributed by atoms with van der Waals surface area (Å²) in [6, 6.07) is 3.64. The Morgan fingerprint density at radius 1 is 1.70 bits per heavy atom. The molecule has 0 aliphatic carbocycles. The van der Waals surface area contributed by atoms with Gasteiger partial charge in [0.15, 0.2) is 0 Å². The van der Waals surface area contributed by atoms with E-state index < -0.39 is 0 Å². The van der Waals surface area contributed by atoms with Crippen LogP contribution in [0.15, 0.2) is 23.3 Å². The Morgan fingerprint density at radius 2 is 2.50 bits per heavy atom. The van der Waals surface area contributed by atoms with Crippen molar-refractivity contribution in [2.45, 2.75) is 6.54 Å². The summed E-state index contributed by atoms with van der Waals surface area (Å²) < 4.78 is 0. The summed E-state index contributed by atoms with van der Waals surface area (Å²) in [5, 5.41) is 0. The van der Waals surface area contributed by atoms with Crippen LogP contribution in [0.2, 0.25) is 0 Å². The maximum atomic E-state index is 5.38. The molecule has 52 valence electrons. The summed E-state index contributed by atoms with van der Waals surface area (Å²) in [4.78, 5) is 7.76. The minimum atomic E-state index is 0.412. The lowest BCUT2D eigenvalue weighted by Gasteiger charge is -1.97. The molecular weight excluding hydrogens is 126 g/mol. The van der Waals surface area contributed by atoms with Gasteiger partial charge in [-0.15, -0.1) is 0 Å². The van der Waals surface area contributed by atoms with Gasteiger partial charge in [-0.25, -0.2) is 0 Å². The summed E-state index contributed by atoms with van der Waals surface area (Å²) in [5.41, 5.74) is 6.93. The van der Waals surface area contributed by atoms with E-state index in [0.717, 1.165) is 11.4 Å². The van der Waals surface area contributed by atoms with E-state index >= 15 is 0 Å². The topological polar surface area (TPSA) is 51.3 Å². The fourth-order valence-electron chi connectivity index (χ4n) is 0.731. The molecule has 2 N–H and O–H groups in total. The molecule has 0 saturated carbocycles. The highest BCUT2D eigenvalue weighted by Crippen LogP contribution is 2.13. The second kappa shape index (κ2) is 3.08. The van der Waals surface area contributed by atoms with Crippen LogP contribution in [0.3, 0.4) is 0 Å². The second-order valence-electron chi connectivity index (χ2n) is 1.83. The maximum absolute atomic E-state index is 5.38. The largest absolute Gasteiger partial charge is 0.325 e. The molecule has 0 fully saturated rings. The molecular formula is C7H9N3. The Bertz CT molecular complexity index is 232. The molecule has 10 heavy (non-hydrogen) atoms. The summed E-state index contributed by atoms with van der Waals surface area (Å²) in [6.07, 6.45) is 1.69. The Morgan fingerprint density at radius 3 is 3.00 bits per heavy atom. The van der Waals surface area contributed by atoms with E-state index in [-0.39, 0.29) is 0 Å². The molecule has 3 heteroatoms. The van der Waals surface area contributed by atoms with E-state index in [2.05, 4.69) is 16.7 Å². The van der Waals surface area contributed by atoms with Crippen LogP contribution in [0.5, 0.6) is 0 Å². The van der Waals surface area contributed by atoms with Crippen molar-refractivity contribution in [3.05, 3.63) is 24.0 Å². The van der Waals surface area contributed by atoms with E-state index in [1.54, 1.807) is 6.20 Å². The van der Waals surface area contributed by atoms with E-state index in [1.807, 2.05) is 12.1 Å². The minimum Gasteiger partial charge on any atom is -0.325 e. The Hall–Kier alpha value is -1.22. The van der Waals surface area contributed by atoms with Gasteiger partial charge in [-0.1, -0.05) is 0 Å². The van der Waals surface area contributed by atoms with E-state index in [9.17, 15) is 0 Å². The van der Waals surface area contributed by atoms with E-state index in [4.69, 9.17) is 5.73 Å². The molecule has 0 atom stereocenters. The lowest BCUT2D eigenvalue weighted by molar-refractivity contribution is 0.989. The van der Waals surface area contributed by atoms with Crippen molar-refractivity contribution in [3.8, 4) is 0 Å². The highest BCUT2D eigenvalue weighted by molar-refractivity contribution is 5.48. The van der Waals surface area contributed by atoms with Crippen molar-refractivity contribution in [1.29, 1.82) is 0 Å². The molecule has 0 saturated heterocycles. The van der Waals surface area contributed by atoms with Gasteiger partial charge in [-0.3, -0.25) is 9.98 Å². The third kappa shape index (κ3) is 1.19. The van der Waals surface area contributed by atoms with Gasteiger partial charge in [-0.2, -0.15) is 0 Å². The van der Waals surface area contributed by atoms with Crippen molar-refractivity contribution in [3.63, 3.8) is 0 Å². The first kappa shape index (κ1) is 6.89. The van der Waals surface area contributed by atoms with Gasteiger partial charge in [0.05, 0.1) is 11.4 Å². The fourth-order valence-corrected chi connectivity index (χ4v) is 0.731. The summed E-state index contributed by atoms with van der Waals surface area (Å²) in [6.45, 7) is 3.81. The smallest absolute Gasteiger partial charge is 0.0850 e. The summed E-state index contributed by atoms with van der Waals surface area (Å²) >= 11 is 0. The summed E-state index contributed by atoms with van der Waals surface area (Å²) in [7, 11) is 0. The molecule has 0 aliphatic rings. The molecule has 3 nitrogen and oxygen atoms in total. The van der Waals surface area contributed by atoms with Crippen LogP contribution in [0.1, 0.15) is 5.69 Å². The molecule has 1 aromatic rings. The number of hydrogen-bond donors (Lipinski definition) is 1. The van der Waals surface area contributed by atoms with Crippen LogP contribution in [0, 0.1) is 0 Å². The van der Waals surface area contributed by atoms with Crippen LogP contribution in [0.4, 0.5) is 5.69 Å². The molecule has 0 radical (unpaired) electrons. The second-order valence-corrected chi connectivity index (χ2v) is 1.83. The lowest BCUT2D eigenvalue weighted by atomic mass is 10.3. The lowest BCUT2D eigenvalue weighted by Crippen LogP contribution is -1.98. The number of rotatable bonds is 2. The molecule has 1 aromatic heterocycles. The number of hydrogen-bond acceptors (Lipinski definition) is 3. The van der Waals surface area contributed by atoms with Crippen LogP contribution in [-0.4, -0.2) is 11.7 Å². The third-order valence-corrected chi connectivity index (χ3v) is 1.23. The molecule has 0 unspecified atom stereocenters. The predicted octanol–water partition coefficient (Wildman–Crippen LogP) is 0.872. The average molecular weight is 135 g/mol. The zero-order valence-electron chi connectivity index (χ0n) is 5.62. The van der Waals surface area contributed by atoms with E-state index in [0.29, 0.717) is 6.54 Å². The van der Waals surface area contributed by atoms with Gasteiger partial charge >= 0.3 is 0 Å². The Labute approximate surface area is 59.6 Å². The Balaban J connectivity index is 3.08. The SMILES string of the molecule is C=Nc1cccnc1CN. The third-order valence-electron chi connectivity index (χ3n) is 1.23. The van der Waals surface area contributed by atoms with Crippen molar-refractivity contribution < 1.29 is 0 Å². The highest BCUT2D eigenvalue weighted by atomic mass is 14.8. The first-order valence-electron chi connectivity index (χ1n) is 2.99. The minimum absolute atomic E-state index is 0.412. The quantitative estimate of drug-likeness (QED) is 0.612. The first-order valence-corrected chi connectivity index (χ1v) is 2.99. The number of aromatic nitrogens is 1. The molecule has 0 bridgehead atoms. The predicted molar refractivity (Wildman–Crippen MR) is 41.3 cm³/mol. The van der Waals surface area contributed by atoms with Gasteiger partial charge in [0.2, 0.25) is 0 Å². The molecule has 1 heterocycles. The number of aliphatic imine (C=N–C) groups is 1. The van der Waals surface area contributed by atoms with Crippen LogP contribution >= 0.6 is 0 Å². The van der Waals surface area contributed by atoms with Gasteiger partial charge < -0.3 is 5.73 Å². The molecule has 0 aromatic carbocycles. The monoisotopic (exact) mass is 135 g/mol. The van der Waals surface area contributed by atoms with Gasteiger partial charge in [0.25, 0.3) is 0 Å². The first-order chi connectivity index (χ1) is 4.88. The number of pyridine rings is 1. The van der Waals surface area contributed by atoms with Gasteiger partial charge in [0.1, 0.15) is 0 Å². The van der Waals surface area contributed by atoms with Crippen LogP contribution < -0.4 is 5.73 Å². The fraction of sp³-hybridized carbons (Fsp3) is 0.143. The van der Waals surface area contributed by atoms with Crippen LogP contribution in [-0.2, 0) is 6.54 Å². The highest BCUT2D eigenvalue weighted by Gasteiger charge is 1.95. The van der Waals surface area contributed by atoms with Gasteiger partial charge in [0, 0.05) is 12.7 Å². The van der Waals surface area contributed by atoms with Crippen molar-refractivity contribution in [2.75, 3.05) is 0 Å². The van der Waals surface area contributed by atoms with Crippen molar-refractivity contribution in [2.24, 2.45) is 10.7 Å². The standard InChI is InChI=1S/C7H9N3/c1-9-6-3-2-4-10-7(6)5-8/h2-4H,1,5,8H2. The van der Waals surface area contributed by atoms with E-state index in [1.165, 1.54) is 0 Å². The zero-order valence-corrected chi connectivity index (χ0v) is 5.62. The van der Waals surface area contributed by atoms with Crippen molar-refractivity contribution >= 4 is 12.4 Å². The van der Waals surface area contributed by atoms with Crippen LogP contribution in [0.25, 0.3) is 0 Å². The average Bonchev–Trinajstić information content (AvgIpc) is 2.04. The zero-order chi connectivity index (χ0) is 7.40. The number of nitrogens with zero attached hydrogens (tertiary/aromatic N) is 2.